The predicted molar refractivity (Wildman–Crippen MR) is 46.3 cm³/mol. The van der Waals surface area contributed by atoms with Gasteiger partial charge in [-0.1, -0.05) is 19.1 Å². The van der Waals surface area contributed by atoms with E-state index in [1.807, 2.05) is 12.2 Å². The summed E-state index contributed by atoms with van der Waals surface area (Å²) in [6.07, 6.45) is 8.26. The monoisotopic (exact) mass is 150 g/mol. The van der Waals surface area contributed by atoms with E-state index in [1.54, 1.807) is 6.08 Å². The van der Waals surface area contributed by atoms with E-state index in [9.17, 15) is 4.79 Å². The van der Waals surface area contributed by atoms with Crippen LogP contribution >= 0.6 is 0 Å². The highest BCUT2D eigenvalue weighted by molar-refractivity contribution is 5.90. The molecule has 0 spiro atoms. The van der Waals surface area contributed by atoms with Crippen molar-refractivity contribution in [2.24, 2.45) is 5.41 Å². The molecular weight excluding hydrogens is 136 g/mol. The summed E-state index contributed by atoms with van der Waals surface area (Å²) in [6, 6.07) is 0. The van der Waals surface area contributed by atoms with Gasteiger partial charge in [0.1, 0.15) is 0 Å². The molecule has 1 heteroatoms. The Balaban J connectivity index is 2.66. The van der Waals surface area contributed by atoms with Crippen molar-refractivity contribution >= 4 is 5.78 Å². The number of hydrogen-bond donors (Lipinski definition) is 0. The molecular formula is C10H14O. The standard InChI is InChI=1S/C10H14O/c1-3-6-10(2)7-4-9(11)5-8-10/h3-4,7H,1,5-6,8H2,2H3/t10-/m1/s1. The highest BCUT2D eigenvalue weighted by atomic mass is 16.1. The van der Waals surface area contributed by atoms with Gasteiger partial charge in [-0.05, 0) is 24.3 Å². The van der Waals surface area contributed by atoms with Crippen LogP contribution in [0.3, 0.4) is 0 Å². The Kier molecular flexibility index (Phi) is 2.28. The van der Waals surface area contributed by atoms with Crippen LogP contribution in [0.25, 0.3) is 0 Å². The Bertz CT molecular complexity index is 203. The van der Waals surface area contributed by atoms with Crippen LogP contribution in [0.15, 0.2) is 24.8 Å². The Hall–Kier alpha value is -0.850. The number of hydrogen-bond acceptors (Lipinski definition) is 1. The summed E-state index contributed by atoms with van der Waals surface area (Å²) in [4.78, 5) is 10.8. The summed E-state index contributed by atoms with van der Waals surface area (Å²) in [5.74, 6) is 0.256. The zero-order valence-electron chi connectivity index (χ0n) is 6.97. The molecule has 0 saturated heterocycles. The highest BCUT2D eigenvalue weighted by Crippen LogP contribution is 2.32. The van der Waals surface area contributed by atoms with Crippen molar-refractivity contribution in [3.05, 3.63) is 24.8 Å². The average Bonchev–Trinajstić information content (AvgIpc) is 1.97. The van der Waals surface area contributed by atoms with Gasteiger partial charge in [-0.15, -0.1) is 6.58 Å². The third kappa shape index (κ3) is 2.04. The lowest BCUT2D eigenvalue weighted by atomic mass is 9.78. The maximum absolute atomic E-state index is 10.8. The van der Waals surface area contributed by atoms with Crippen LogP contribution in [-0.2, 0) is 4.79 Å². The fourth-order valence-electron chi connectivity index (χ4n) is 1.37. The van der Waals surface area contributed by atoms with Gasteiger partial charge in [0.25, 0.3) is 0 Å². The van der Waals surface area contributed by atoms with Crippen LogP contribution in [0.5, 0.6) is 0 Å². The zero-order valence-corrected chi connectivity index (χ0v) is 6.97. The second-order valence-corrected chi connectivity index (χ2v) is 3.45. The third-order valence-electron chi connectivity index (χ3n) is 2.22. The van der Waals surface area contributed by atoms with E-state index in [-0.39, 0.29) is 11.2 Å². The lowest BCUT2D eigenvalue weighted by Crippen LogP contribution is -2.18. The van der Waals surface area contributed by atoms with E-state index in [0.717, 1.165) is 12.8 Å². The first-order chi connectivity index (χ1) is 5.16. The summed E-state index contributed by atoms with van der Waals surface area (Å²) in [5, 5.41) is 0. The van der Waals surface area contributed by atoms with E-state index in [2.05, 4.69) is 13.5 Å². The molecule has 1 aliphatic rings. The molecule has 0 heterocycles. The average molecular weight is 150 g/mol. The van der Waals surface area contributed by atoms with Crippen molar-refractivity contribution in [3.63, 3.8) is 0 Å². The van der Waals surface area contributed by atoms with E-state index >= 15 is 0 Å². The number of rotatable bonds is 2. The van der Waals surface area contributed by atoms with E-state index in [4.69, 9.17) is 0 Å². The lowest BCUT2D eigenvalue weighted by molar-refractivity contribution is -0.115. The minimum absolute atomic E-state index is 0.190. The van der Waals surface area contributed by atoms with Crippen molar-refractivity contribution in [1.82, 2.24) is 0 Å². The predicted octanol–water partition coefficient (Wildman–Crippen LogP) is 2.49. The summed E-state index contributed by atoms with van der Waals surface area (Å²) < 4.78 is 0. The van der Waals surface area contributed by atoms with Crippen LogP contribution in [0.4, 0.5) is 0 Å². The lowest BCUT2D eigenvalue weighted by Gasteiger charge is -2.26. The van der Waals surface area contributed by atoms with Gasteiger partial charge in [0, 0.05) is 6.42 Å². The molecule has 0 radical (unpaired) electrons. The van der Waals surface area contributed by atoms with Gasteiger partial charge in [-0.3, -0.25) is 4.79 Å². The molecule has 1 nitrogen and oxygen atoms in total. The topological polar surface area (TPSA) is 17.1 Å². The van der Waals surface area contributed by atoms with Crippen LogP contribution in [0.1, 0.15) is 26.2 Å². The van der Waals surface area contributed by atoms with Gasteiger partial charge >= 0.3 is 0 Å². The van der Waals surface area contributed by atoms with Crippen LogP contribution < -0.4 is 0 Å². The number of carbonyl (C=O) groups excluding carboxylic acids is 1. The van der Waals surface area contributed by atoms with Crippen molar-refractivity contribution in [2.75, 3.05) is 0 Å². The van der Waals surface area contributed by atoms with Gasteiger partial charge in [0.2, 0.25) is 0 Å². The van der Waals surface area contributed by atoms with Crippen LogP contribution in [-0.4, -0.2) is 5.78 Å². The maximum atomic E-state index is 10.8. The first-order valence-corrected chi connectivity index (χ1v) is 3.99. The zero-order chi connectivity index (χ0) is 8.32. The summed E-state index contributed by atoms with van der Waals surface area (Å²) in [5.41, 5.74) is 0.190. The van der Waals surface area contributed by atoms with Gasteiger partial charge < -0.3 is 0 Å². The highest BCUT2D eigenvalue weighted by Gasteiger charge is 2.23. The molecule has 60 valence electrons. The summed E-state index contributed by atoms with van der Waals surface area (Å²) in [7, 11) is 0. The molecule has 1 rings (SSSR count). The number of carbonyl (C=O) groups is 1. The van der Waals surface area contributed by atoms with Gasteiger partial charge in [-0.2, -0.15) is 0 Å². The Labute approximate surface area is 67.8 Å². The molecule has 0 amide bonds. The van der Waals surface area contributed by atoms with E-state index in [1.165, 1.54) is 0 Å². The van der Waals surface area contributed by atoms with Gasteiger partial charge in [0.15, 0.2) is 5.78 Å². The van der Waals surface area contributed by atoms with Crippen molar-refractivity contribution in [3.8, 4) is 0 Å². The van der Waals surface area contributed by atoms with Gasteiger partial charge in [0.05, 0.1) is 0 Å². The van der Waals surface area contributed by atoms with E-state index in [0.29, 0.717) is 6.42 Å². The second-order valence-electron chi connectivity index (χ2n) is 3.45. The maximum Gasteiger partial charge on any atom is 0.155 e. The Morgan fingerprint density at radius 1 is 1.82 bits per heavy atom. The molecule has 0 fully saturated rings. The van der Waals surface area contributed by atoms with E-state index < -0.39 is 0 Å². The molecule has 0 bridgehead atoms. The number of ketones is 1. The largest absolute Gasteiger partial charge is 0.295 e. The summed E-state index contributed by atoms with van der Waals surface area (Å²) >= 11 is 0. The molecule has 1 aliphatic carbocycles. The molecule has 0 aromatic rings. The van der Waals surface area contributed by atoms with Crippen molar-refractivity contribution < 1.29 is 4.79 Å². The second kappa shape index (κ2) is 3.04. The molecule has 11 heavy (non-hydrogen) atoms. The minimum atomic E-state index is 0.190. The quantitative estimate of drug-likeness (QED) is 0.553. The Morgan fingerprint density at radius 3 is 3.00 bits per heavy atom. The first-order valence-electron chi connectivity index (χ1n) is 3.99. The normalized spacial score (nSPS) is 30.5. The smallest absolute Gasteiger partial charge is 0.155 e. The van der Waals surface area contributed by atoms with Crippen molar-refractivity contribution in [1.29, 1.82) is 0 Å². The van der Waals surface area contributed by atoms with Crippen LogP contribution in [0, 0.1) is 5.41 Å². The molecule has 0 unspecified atom stereocenters. The molecule has 0 saturated carbocycles. The molecule has 0 N–H and O–H groups in total. The van der Waals surface area contributed by atoms with Gasteiger partial charge in [-0.25, -0.2) is 0 Å². The summed E-state index contributed by atoms with van der Waals surface area (Å²) in [6.45, 7) is 5.86. The SMILES string of the molecule is C=CC[C@]1(C)C=CC(=O)CC1. The molecule has 1 atom stereocenters. The molecule has 0 aromatic heterocycles. The first kappa shape index (κ1) is 8.25. The fourth-order valence-corrected chi connectivity index (χ4v) is 1.37. The third-order valence-corrected chi connectivity index (χ3v) is 2.22. The van der Waals surface area contributed by atoms with Crippen LogP contribution in [0.2, 0.25) is 0 Å². The number of allylic oxidation sites excluding steroid dienone is 3. The minimum Gasteiger partial charge on any atom is -0.295 e. The van der Waals surface area contributed by atoms with Crippen molar-refractivity contribution in [2.45, 2.75) is 26.2 Å². The Morgan fingerprint density at radius 2 is 2.55 bits per heavy atom. The molecule has 0 aromatic carbocycles. The molecule has 0 aliphatic heterocycles. The fraction of sp³-hybridized carbons (Fsp3) is 0.500.